The summed E-state index contributed by atoms with van der Waals surface area (Å²) in [6.07, 6.45) is 1.91. The van der Waals surface area contributed by atoms with Crippen molar-refractivity contribution in [3.63, 3.8) is 0 Å². The summed E-state index contributed by atoms with van der Waals surface area (Å²) in [6, 6.07) is 4.28. The number of aromatic nitrogens is 2. The molecule has 0 amide bonds. The lowest BCUT2D eigenvalue weighted by atomic mass is 10.0. The van der Waals surface area contributed by atoms with Crippen molar-refractivity contribution in [3.8, 4) is 17.0 Å². The van der Waals surface area contributed by atoms with Crippen LogP contribution in [0.3, 0.4) is 0 Å². The number of nitrogens with one attached hydrogen (secondary N) is 2. The zero-order valence-electron chi connectivity index (χ0n) is 11.6. The highest BCUT2D eigenvalue weighted by Crippen LogP contribution is 2.33. The Kier molecular flexibility index (Phi) is 3.03. The number of ether oxygens (including phenoxy) is 1. The topological polar surface area (TPSA) is 49.9 Å². The van der Waals surface area contributed by atoms with Crippen LogP contribution < -0.4 is 10.1 Å². The lowest BCUT2D eigenvalue weighted by Crippen LogP contribution is -2.40. The Bertz CT molecular complexity index is 599. The Hall–Kier alpha value is -1.81. The maximum atomic E-state index is 5.54. The molecule has 2 aromatic rings. The maximum absolute atomic E-state index is 5.54. The van der Waals surface area contributed by atoms with Gasteiger partial charge in [-0.05, 0) is 31.0 Å². The van der Waals surface area contributed by atoms with Crippen LogP contribution in [0.4, 0.5) is 0 Å². The quantitative estimate of drug-likeness (QED) is 0.887. The van der Waals surface area contributed by atoms with Crippen LogP contribution in [-0.2, 0) is 0 Å². The maximum Gasteiger partial charge on any atom is 0.131 e. The third-order valence-electron chi connectivity index (χ3n) is 3.68. The van der Waals surface area contributed by atoms with Gasteiger partial charge in [0.2, 0.25) is 0 Å². The normalized spacial score (nSPS) is 15.3. The first-order valence-corrected chi connectivity index (χ1v) is 6.60. The third kappa shape index (κ3) is 2.12. The van der Waals surface area contributed by atoms with E-state index in [0.717, 1.165) is 41.5 Å². The number of nitrogens with zero attached hydrogens (tertiary/aromatic N) is 1. The molecule has 0 aliphatic carbocycles. The van der Waals surface area contributed by atoms with E-state index < -0.39 is 0 Å². The largest absolute Gasteiger partial charge is 0.496 e. The molecule has 3 rings (SSSR count). The molecular formula is C15H19N3O. The SMILES string of the molecule is COc1c(C)cc(C)cc1-c1cnc(C2CNC2)[nH]1. The van der Waals surface area contributed by atoms with Gasteiger partial charge in [0.1, 0.15) is 11.6 Å². The molecule has 0 spiro atoms. The van der Waals surface area contributed by atoms with Crippen LogP contribution in [0.25, 0.3) is 11.3 Å². The Labute approximate surface area is 113 Å². The summed E-state index contributed by atoms with van der Waals surface area (Å²) in [5.41, 5.74) is 4.50. The van der Waals surface area contributed by atoms with E-state index >= 15 is 0 Å². The molecule has 1 fully saturated rings. The number of benzene rings is 1. The molecule has 19 heavy (non-hydrogen) atoms. The van der Waals surface area contributed by atoms with Gasteiger partial charge in [0.15, 0.2) is 0 Å². The molecule has 1 aromatic heterocycles. The molecular weight excluding hydrogens is 238 g/mol. The first-order valence-electron chi connectivity index (χ1n) is 6.60. The van der Waals surface area contributed by atoms with Crippen molar-refractivity contribution in [2.45, 2.75) is 19.8 Å². The minimum atomic E-state index is 0.519. The fraction of sp³-hybridized carbons (Fsp3) is 0.400. The molecule has 0 unspecified atom stereocenters. The first kappa shape index (κ1) is 12.2. The van der Waals surface area contributed by atoms with E-state index in [9.17, 15) is 0 Å². The van der Waals surface area contributed by atoms with Crippen molar-refractivity contribution in [1.29, 1.82) is 0 Å². The lowest BCUT2D eigenvalue weighted by molar-refractivity contribution is 0.413. The van der Waals surface area contributed by atoms with Crippen LogP contribution in [-0.4, -0.2) is 30.2 Å². The summed E-state index contributed by atoms with van der Waals surface area (Å²) in [5, 5.41) is 3.26. The second-order valence-electron chi connectivity index (χ2n) is 5.20. The van der Waals surface area contributed by atoms with Gasteiger partial charge in [0, 0.05) is 24.6 Å². The molecule has 1 aromatic carbocycles. The van der Waals surface area contributed by atoms with Crippen LogP contribution in [0.2, 0.25) is 0 Å². The number of methoxy groups -OCH3 is 1. The molecule has 0 radical (unpaired) electrons. The number of aryl methyl sites for hydroxylation is 2. The predicted molar refractivity (Wildman–Crippen MR) is 75.7 cm³/mol. The summed E-state index contributed by atoms with van der Waals surface area (Å²) < 4.78 is 5.54. The van der Waals surface area contributed by atoms with Crippen LogP contribution in [0.5, 0.6) is 5.75 Å². The van der Waals surface area contributed by atoms with Crippen molar-refractivity contribution in [2.75, 3.05) is 20.2 Å². The van der Waals surface area contributed by atoms with E-state index in [2.05, 4.69) is 41.3 Å². The second-order valence-corrected chi connectivity index (χ2v) is 5.20. The lowest BCUT2D eigenvalue weighted by Gasteiger charge is -2.24. The van der Waals surface area contributed by atoms with Gasteiger partial charge < -0.3 is 15.0 Å². The van der Waals surface area contributed by atoms with Crippen LogP contribution in [0, 0.1) is 13.8 Å². The van der Waals surface area contributed by atoms with Crippen molar-refractivity contribution in [2.24, 2.45) is 0 Å². The molecule has 4 nitrogen and oxygen atoms in total. The van der Waals surface area contributed by atoms with Crippen LogP contribution in [0.15, 0.2) is 18.3 Å². The predicted octanol–water partition coefficient (Wildman–Crippen LogP) is 2.39. The van der Waals surface area contributed by atoms with Crippen LogP contribution in [0.1, 0.15) is 22.9 Å². The number of imidazole rings is 1. The Morgan fingerprint density at radius 1 is 1.26 bits per heavy atom. The average Bonchev–Trinajstić information content (AvgIpc) is 2.75. The summed E-state index contributed by atoms with van der Waals surface area (Å²) in [7, 11) is 1.72. The van der Waals surface area contributed by atoms with E-state index in [1.54, 1.807) is 7.11 Å². The van der Waals surface area contributed by atoms with E-state index in [4.69, 9.17) is 4.74 Å². The Morgan fingerprint density at radius 3 is 2.68 bits per heavy atom. The highest BCUT2D eigenvalue weighted by atomic mass is 16.5. The number of aromatic amines is 1. The minimum absolute atomic E-state index is 0.519. The monoisotopic (exact) mass is 257 g/mol. The smallest absolute Gasteiger partial charge is 0.131 e. The van der Waals surface area contributed by atoms with E-state index in [1.807, 2.05) is 6.20 Å². The Morgan fingerprint density at radius 2 is 2.05 bits per heavy atom. The molecule has 2 heterocycles. The summed E-state index contributed by atoms with van der Waals surface area (Å²) in [6.45, 7) is 6.19. The minimum Gasteiger partial charge on any atom is -0.496 e. The van der Waals surface area contributed by atoms with Gasteiger partial charge in [-0.2, -0.15) is 0 Å². The fourth-order valence-corrected chi connectivity index (χ4v) is 2.59. The molecule has 100 valence electrons. The van der Waals surface area contributed by atoms with Gasteiger partial charge in [0.05, 0.1) is 19.0 Å². The zero-order chi connectivity index (χ0) is 13.4. The number of hydrogen-bond acceptors (Lipinski definition) is 3. The standard InChI is InChI=1S/C15H19N3O/c1-9-4-10(2)14(19-3)12(5-9)13-8-17-15(18-13)11-6-16-7-11/h4-5,8,11,16H,6-7H2,1-3H3,(H,17,18). The Balaban J connectivity index is 2.03. The van der Waals surface area contributed by atoms with Gasteiger partial charge in [-0.3, -0.25) is 0 Å². The van der Waals surface area contributed by atoms with Gasteiger partial charge in [-0.25, -0.2) is 4.98 Å². The number of H-pyrrole nitrogens is 1. The first-order chi connectivity index (χ1) is 9.19. The number of rotatable bonds is 3. The molecule has 0 atom stereocenters. The summed E-state index contributed by atoms with van der Waals surface area (Å²) >= 11 is 0. The van der Waals surface area contributed by atoms with Crippen molar-refractivity contribution >= 4 is 0 Å². The molecule has 0 bridgehead atoms. The summed E-state index contributed by atoms with van der Waals surface area (Å²) in [5.74, 6) is 2.51. The molecule has 1 aliphatic heterocycles. The second kappa shape index (κ2) is 4.70. The molecule has 1 saturated heterocycles. The van der Waals surface area contributed by atoms with Crippen molar-refractivity contribution in [3.05, 3.63) is 35.3 Å². The van der Waals surface area contributed by atoms with Gasteiger partial charge in [0.25, 0.3) is 0 Å². The third-order valence-corrected chi connectivity index (χ3v) is 3.68. The van der Waals surface area contributed by atoms with Crippen molar-refractivity contribution < 1.29 is 4.74 Å². The molecule has 2 N–H and O–H groups in total. The van der Waals surface area contributed by atoms with E-state index in [0.29, 0.717) is 5.92 Å². The van der Waals surface area contributed by atoms with Gasteiger partial charge in [-0.15, -0.1) is 0 Å². The van der Waals surface area contributed by atoms with Gasteiger partial charge >= 0.3 is 0 Å². The van der Waals surface area contributed by atoms with Gasteiger partial charge in [-0.1, -0.05) is 6.07 Å². The van der Waals surface area contributed by atoms with E-state index in [1.165, 1.54) is 5.56 Å². The molecule has 1 aliphatic rings. The van der Waals surface area contributed by atoms with Crippen molar-refractivity contribution in [1.82, 2.24) is 15.3 Å². The summed E-state index contributed by atoms with van der Waals surface area (Å²) in [4.78, 5) is 7.93. The highest BCUT2D eigenvalue weighted by Gasteiger charge is 2.22. The zero-order valence-corrected chi connectivity index (χ0v) is 11.6. The molecule has 4 heteroatoms. The van der Waals surface area contributed by atoms with E-state index in [-0.39, 0.29) is 0 Å². The number of hydrogen-bond donors (Lipinski definition) is 2. The van der Waals surface area contributed by atoms with Crippen LogP contribution >= 0.6 is 0 Å². The highest BCUT2D eigenvalue weighted by molar-refractivity contribution is 5.70. The fourth-order valence-electron chi connectivity index (χ4n) is 2.59. The average molecular weight is 257 g/mol. The molecule has 0 saturated carbocycles.